The molecule has 7 heteroatoms. The highest BCUT2D eigenvalue weighted by molar-refractivity contribution is 5.94. The van der Waals surface area contributed by atoms with Crippen molar-refractivity contribution < 1.29 is 23.5 Å². The molecule has 18 heavy (non-hydrogen) atoms. The van der Waals surface area contributed by atoms with Gasteiger partial charge in [0.05, 0.1) is 11.5 Å². The molecule has 0 aliphatic heterocycles. The van der Waals surface area contributed by atoms with Gasteiger partial charge in [-0.3, -0.25) is 9.59 Å². The summed E-state index contributed by atoms with van der Waals surface area (Å²) in [5, 5.41) is 8.70. The maximum atomic E-state index is 13.3. The third-order valence-electron chi connectivity index (χ3n) is 2.39. The van der Waals surface area contributed by atoms with E-state index in [1.165, 1.54) is 14.0 Å². The first-order chi connectivity index (χ1) is 8.34. The number of hydrogen-bond acceptors (Lipinski definition) is 3. The number of carbonyl (C=O) groups is 2. The van der Waals surface area contributed by atoms with E-state index in [1.807, 2.05) is 0 Å². The molecule has 0 saturated heterocycles. The van der Waals surface area contributed by atoms with Gasteiger partial charge in [-0.2, -0.15) is 4.39 Å². The van der Waals surface area contributed by atoms with Gasteiger partial charge < -0.3 is 10.0 Å². The zero-order valence-electron chi connectivity index (χ0n) is 9.85. The summed E-state index contributed by atoms with van der Waals surface area (Å²) in [5.74, 6) is -5.36. The molecule has 0 fully saturated rings. The van der Waals surface area contributed by atoms with Crippen LogP contribution in [0.4, 0.5) is 8.78 Å². The minimum atomic E-state index is -1.36. The number of carboxylic acid groups (broad SMARTS) is 1. The molecule has 1 aromatic rings. The summed E-state index contributed by atoms with van der Waals surface area (Å²) in [5.41, 5.74) is -0.470. The van der Waals surface area contributed by atoms with Crippen molar-refractivity contribution in [1.29, 1.82) is 0 Å². The lowest BCUT2D eigenvalue weighted by atomic mass is 10.1. The Morgan fingerprint density at radius 3 is 2.67 bits per heavy atom. The molecule has 0 aliphatic rings. The number of aromatic nitrogens is 1. The van der Waals surface area contributed by atoms with Crippen LogP contribution in [0.2, 0.25) is 0 Å². The molecule has 0 saturated carbocycles. The van der Waals surface area contributed by atoms with Crippen LogP contribution in [0.25, 0.3) is 0 Å². The van der Waals surface area contributed by atoms with Crippen LogP contribution in [0.15, 0.2) is 12.3 Å². The molecule has 1 N–H and O–H groups in total. The average molecular weight is 258 g/mol. The summed E-state index contributed by atoms with van der Waals surface area (Å²) < 4.78 is 26.1. The standard InChI is InChI=1S/C11H12F2N2O3/c1-6(11(17)18)5-15(2)10(16)7-3-4-14-9(13)8(7)12/h3-4,6H,5H2,1-2H3,(H,17,18). The Morgan fingerprint density at radius 1 is 1.50 bits per heavy atom. The van der Waals surface area contributed by atoms with E-state index in [1.54, 1.807) is 0 Å². The first-order valence-electron chi connectivity index (χ1n) is 5.12. The highest BCUT2D eigenvalue weighted by Gasteiger charge is 2.22. The Labute approximate surface area is 102 Å². The highest BCUT2D eigenvalue weighted by Crippen LogP contribution is 2.12. The summed E-state index contributed by atoms with van der Waals surface area (Å²) >= 11 is 0. The van der Waals surface area contributed by atoms with E-state index in [4.69, 9.17) is 5.11 Å². The van der Waals surface area contributed by atoms with Crippen LogP contribution in [0.5, 0.6) is 0 Å². The summed E-state index contributed by atoms with van der Waals surface area (Å²) in [6, 6.07) is 1.04. The Bertz CT molecular complexity index is 479. The van der Waals surface area contributed by atoms with Crippen molar-refractivity contribution >= 4 is 11.9 Å². The van der Waals surface area contributed by atoms with Gasteiger partial charge in [-0.25, -0.2) is 9.37 Å². The monoisotopic (exact) mass is 258 g/mol. The largest absolute Gasteiger partial charge is 0.481 e. The van der Waals surface area contributed by atoms with Gasteiger partial charge >= 0.3 is 5.97 Å². The second-order valence-corrected chi connectivity index (χ2v) is 3.89. The van der Waals surface area contributed by atoms with E-state index in [0.717, 1.165) is 17.2 Å². The number of nitrogens with zero attached hydrogens (tertiary/aromatic N) is 2. The molecule has 1 aromatic heterocycles. The second kappa shape index (κ2) is 5.52. The molecule has 98 valence electrons. The van der Waals surface area contributed by atoms with Gasteiger partial charge in [0, 0.05) is 19.8 Å². The fourth-order valence-electron chi connectivity index (χ4n) is 1.36. The SMILES string of the molecule is CC(CN(C)C(=O)c1ccnc(F)c1F)C(=O)O. The molecule has 1 unspecified atom stereocenters. The molecule has 1 atom stereocenters. The quantitative estimate of drug-likeness (QED) is 0.822. The first-order valence-corrected chi connectivity index (χ1v) is 5.12. The first kappa shape index (κ1) is 14.0. The van der Waals surface area contributed by atoms with E-state index in [-0.39, 0.29) is 6.54 Å². The van der Waals surface area contributed by atoms with Gasteiger partial charge in [-0.05, 0) is 6.07 Å². The number of halogens is 2. The summed E-state index contributed by atoms with van der Waals surface area (Å²) in [6.45, 7) is 1.31. The Kier molecular flexibility index (Phi) is 4.30. The van der Waals surface area contributed by atoms with Gasteiger partial charge in [-0.1, -0.05) is 6.92 Å². The molecule has 1 rings (SSSR count). The van der Waals surface area contributed by atoms with Gasteiger partial charge in [0.15, 0.2) is 5.82 Å². The van der Waals surface area contributed by atoms with E-state index in [9.17, 15) is 18.4 Å². The lowest BCUT2D eigenvalue weighted by Gasteiger charge is -2.19. The van der Waals surface area contributed by atoms with Crippen LogP contribution >= 0.6 is 0 Å². The third-order valence-corrected chi connectivity index (χ3v) is 2.39. The molecule has 0 bridgehead atoms. The van der Waals surface area contributed by atoms with Crippen LogP contribution < -0.4 is 0 Å². The molecule has 0 spiro atoms. The van der Waals surface area contributed by atoms with Crippen molar-refractivity contribution in [2.75, 3.05) is 13.6 Å². The van der Waals surface area contributed by atoms with Gasteiger partial charge in [0.2, 0.25) is 5.95 Å². The number of aliphatic carboxylic acids is 1. The lowest BCUT2D eigenvalue weighted by molar-refractivity contribution is -0.141. The van der Waals surface area contributed by atoms with Crippen molar-refractivity contribution in [2.24, 2.45) is 5.92 Å². The van der Waals surface area contributed by atoms with Gasteiger partial charge in [-0.15, -0.1) is 0 Å². The normalized spacial score (nSPS) is 12.0. The summed E-state index contributed by atoms with van der Waals surface area (Å²) in [4.78, 5) is 26.5. The molecule has 0 radical (unpaired) electrons. The van der Waals surface area contributed by atoms with E-state index < -0.39 is 35.1 Å². The molecule has 5 nitrogen and oxygen atoms in total. The fourth-order valence-corrected chi connectivity index (χ4v) is 1.36. The van der Waals surface area contributed by atoms with Gasteiger partial charge in [0.1, 0.15) is 0 Å². The van der Waals surface area contributed by atoms with Crippen LogP contribution in [-0.2, 0) is 4.79 Å². The predicted octanol–water partition coefficient (Wildman–Crippen LogP) is 1.15. The lowest BCUT2D eigenvalue weighted by Crippen LogP contribution is -2.34. The number of pyridine rings is 1. The highest BCUT2D eigenvalue weighted by atomic mass is 19.2. The maximum Gasteiger partial charge on any atom is 0.308 e. The second-order valence-electron chi connectivity index (χ2n) is 3.89. The van der Waals surface area contributed by atoms with Gasteiger partial charge in [0.25, 0.3) is 5.91 Å². The summed E-state index contributed by atoms with van der Waals surface area (Å²) in [6.07, 6.45) is 0.972. The Morgan fingerprint density at radius 2 is 2.11 bits per heavy atom. The van der Waals surface area contributed by atoms with E-state index in [2.05, 4.69) is 4.98 Å². The van der Waals surface area contributed by atoms with Crippen LogP contribution in [-0.4, -0.2) is 40.5 Å². The van der Waals surface area contributed by atoms with Crippen LogP contribution in [0.3, 0.4) is 0 Å². The topological polar surface area (TPSA) is 70.5 Å². The van der Waals surface area contributed by atoms with Crippen molar-refractivity contribution in [2.45, 2.75) is 6.92 Å². The number of carbonyl (C=O) groups excluding carboxylic acids is 1. The van der Waals surface area contributed by atoms with Crippen molar-refractivity contribution in [1.82, 2.24) is 9.88 Å². The molecular formula is C11H12F2N2O3. The number of carboxylic acids is 1. The number of amides is 1. The minimum Gasteiger partial charge on any atom is -0.481 e. The zero-order chi connectivity index (χ0) is 13.9. The number of hydrogen-bond donors (Lipinski definition) is 1. The van der Waals surface area contributed by atoms with E-state index >= 15 is 0 Å². The van der Waals surface area contributed by atoms with Crippen LogP contribution in [0, 0.1) is 17.7 Å². The molecule has 1 heterocycles. The fraction of sp³-hybridized carbons (Fsp3) is 0.364. The van der Waals surface area contributed by atoms with E-state index in [0.29, 0.717) is 0 Å². The van der Waals surface area contributed by atoms with Crippen molar-refractivity contribution in [3.63, 3.8) is 0 Å². The number of rotatable bonds is 4. The molecular weight excluding hydrogens is 246 g/mol. The van der Waals surface area contributed by atoms with Crippen molar-refractivity contribution in [3.05, 3.63) is 29.6 Å². The average Bonchev–Trinajstić information content (AvgIpc) is 2.31. The summed E-state index contributed by atoms with van der Waals surface area (Å²) in [7, 11) is 1.32. The maximum absolute atomic E-state index is 13.3. The van der Waals surface area contributed by atoms with Crippen LogP contribution in [0.1, 0.15) is 17.3 Å². The molecule has 0 aromatic carbocycles. The molecule has 1 amide bonds. The Hall–Kier alpha value is -2.05. The predicted molar refractivity (Wildman–Crippen MR) is 57.9 cm³/mol. The van der Waals surface area contributed by atoms with Crippen molar-refractivity contribution in [3.8, 4) is 0 Å². The smallest absolute Gasteiger partial charge is 0.308 e. The Balaban J connectivity index is 2.87. The third kappa shape index (κ3) is 2.99. The minimum absolute atomic E-state index is 0.0997. The zero-order valence-corrected chi connectivity index (χ0v) is 9.85. The molecule has 0 aliphatic carbocycles.